The number of hydrogen-bond donors (Lipinski definition) is 0. The maximum Gasteiger partial charge on any atom is 0.106 e. The number of carbonyl (C=O) groups is 2. The van der Waals surface area contributed by atoms with Gasteiger partial charge in [0.05, 0.1) is 0 Å². The summed E-state index contributed by atoms with van der Waals surface area (Å²) in [5.74, 6) is 0. The third-order valence-electron chi connectivity index (χ3n) is 15.0. The first-order valence-electron chi connectivity index (χ1n) is 31.5. The van der Waals surface area contributed by atoms with E-state index in [9.17, 15) is 0 Å². The summed E-state index contributed by atoms with van der Waals surface area (Å²) in [6, 6.07) is 131. The van der Waals surface area contributed by atoms with Gasteiger partial charge in [-0.1, -0.05) is 396 Å². The van der Waals surface area contributed by atoms with Crippen LogP contribution in [0.4, 0.5) is 0 Å². The van der Waals surface area contributed by atoms with Gasteiger partial charge in [-0.2, -0.15) is 0 Å². The molecule has 0 aliphatic rings. The van der Waals surface area contributed by atoms with Crippen LogP contribution in [-0.4, -0.2) is 13.6 Å². The molecule has 0 spiro atoms. The Morgan fingerprint density at radius 2 is 0.204 bits per heavy atom. The molecule has 0 bridgehead atoms. The van der Waals surface area contributed by atoms with Crippen molar-refractivity contribution >= 4 is 45.3 Å². The van der Waals surface area contributed by atoms with Gasteiger partial charge in [0.1, 0.15) is 13.6 Å². The van der Waals surface area contributed by atoms with E-state index in [1.165, 1.54) is 141 Å². The third kappa shape index (κ3) is 30.8. The van der Waals surface area contributed by atoms with Crippen LogP contribution in [0, 0.1) is 0 Å². The molecule has 12 aromatic carbocycles. The maximum absolute atomic E-state index is 8.00. The molecule has 0 saturated heterocycles. The molecule has 0 aliphatic carbocycles. The van der Waals surface area contributed by atoms with E-state index in [-0.39, 0.29) is 52.8 Å². The fourth-order valence-corrected chi connectivity index (χ4v) is 20.8. The van der Waals surface area contributed by atoms with Gasteiger partial charge in [-0.25, -0.2) is 0 Å². The minimum atomic E-state index is -0.0895. The Balaban J connectivity index is 0.000000192. The van der Waals surface area contributed by atoms with Gasteiger partial charge in [0.2, 0.25) is 0 Å². The van der Waals surface area contributed by atoms with Crippen LogP contribution in [0.3, 0.4) is 0 Å². The first-order valence-corrected chi connectivity index (χ1v) is 39.1. The third-order valence-corrected chi connectivity index (χ3v) is 24.7. The summed E-state index contributed by atoms with van der Waals surface area (Å²) >= 11 is 0. The maximum atomic E-state index is 8.00. The van der Waals surface area contributed by atoms with Crippen LogP contribution in [0.1, 0.15) is 66.8 Å². The fraction of sp³-hybridized carbons (Fsp3) is 0.140. The first kappa shape index (κ1) is 74.4. The Morgan fingerprint density at radius 3 is 0.269 bits per heavy atom. The van der Waals surface area contributed by atoms with Crippen molar-refractivity contribution in [2.45, 2.75) is 73.9 Å². The van der Waals surface area contributed by atoms with E-state index in [2.05, 4.69) is 364 Å². The van der Waals surface area contributed by atoms with Crippen molar-refractivity contribution in [1.29, 1.82) is 0 Å². The topological polar surface area (TPSA) is 34.1 Å². The minimum absolute atomic E-state index is 0. The zero-order chi connectivity index (χ0) is 64.1. The summed E-state index contributed by atoms with van der Waals surface area (Å²) in [6.45, 7) is 4.00. The molecule has 12 aromatic rings. The monoisotopic (exact) mass is 1460 g/mol. The number of carbonyl (C=O) groups excluding carboxylic acids is 2. The minimum Gasteiger partial charge on any atom is -0.307 e. The number of benzene rings is 12. The molecule has 7 heteroatoms. The predicted octanol–water partition coefficient (Wildman–Crippen LogP) is 23.9. The predicted molar refractivity (Wildman–Crippen MR) is 404 cm³/mol. The molecule has 93 heavy (non-hydrogen) atoms. The van der Waals surface area contributed by atoms with Crippen molar-refractivity contribution in [3.63, 3.8) is 0 Å². The second kappa shape index (κ2) is 46.5. The van der Waals surface area contributed by atoms with Gasteiger partial charge in [0.25, 0.3) is 0 Å². The molecule has 0 aliphatic heterocycles. The molecule has 0 radical (unpaired) electrons. The summed E-state index contributed by atoms with van der Waals surface area (Å²) in [7, 11) is -0.358. The zero-order valence-electron chi connectivity index (χ0n) is 53.6. The molecule has 2 nitrogen and oxygen atoms in total. The second-order valence-electron chi connectivity index (χ2n) is 22.4. The van der Waals surface area contributed by atoms with Crippen molar-refractivity contribution in [3.8, 4) is 0 Å². The van der Waals surface area contributed by atoms with Crippen LogP contribution in [0.25, 0.3) is 0 Å². The summed E-state index contributed by atoms with van der Waals surface area (Å²) in [6.07, 6.45) is 14.3. The molecule has 0 unspecified atom stereocenters. The van der Waals surface area contributed by atoms with Gasteiger partial charge in [-0.15, -0.1) is 0 Å². The number of rotatable bonds is 24. The molecule has 0 fully saturated rings. The molecule has 470 valence electrons. The van der Waals surface area contributed by atoms with Crippen LogP contribution in [0.5, 0.6) is 0 Å². The Morgan fingerprint density at radius 1 is 0.140 bits per heavy atom. The van der Waals surface area contributed by atoms with Crippen LogP contribution in [0.15, 0.2) is 364 Å². The summed E-state index contributed by atoms with van der Waals surface area (Å²) in [5.41, 5.74) is 17.5. The van der Waals surface area contributed by atoms with E-state index in [0.717, 1.165) is 0 Å². The second-order valence-corrected chi connectivity index (χ2v) is 31.6. The van der Waals surface area contributed by atoms with Gasteiger partial charge >= 0.3 is 0 Å². The van der Waals surface area contributed by atoms with Gasteiger partial charge in [-0.05, 0) is 141 Å². The van der Waals surface area contributed by atoms with E-state index in [4.69, 9.17) is 9.59 Å². The molecular weight excluding hydrogens is 1370 g/mol. The SMILES string of the molecule is C=O.C=O.[W].c1ccc(CP(Cc2ccccc2)Cc2ccccc2)cc1.c1ccc(CP(Cc2ccccc2)Cc2ccccc2)cc1.c1ccc(CP(Cc2ccccc2)Cc2ccccc2)cc1.c1ccc(CP(Cc2ccccc2)Cc2ccccc2)cc1. The average molecular weight is 1460 g/mol. The number of hydrogen-bond acceptors (Lipinski definition) is 2. The Labute approximate surface area is 576 Å². The normalized spacial score (nSPS) is 10.3. The molecule has 0 saturated carbocycles. The van der Waals surface area contributed by atoms with Crippen LogP contribution >= 0.6 is 31.7 Å². The molecule has 0 N–H and O–H groups in total. The van der Waals surface area contributed by atoms with Crippen LogP contribution < -0.4 is 0 Å². The quantitative estimate of drug-likeness (QED) is 0.0565. The van der Waals surface area contributed by atoms with Crippen molar-refractivity contribution < 1.29 is 30.7 Å². The molecule has 0 amide bonds. The van der Waals surface area contributed by atoms with E-state index in [0.29, 0.717) is 0 Å². The first-order chi connectivity index (χ1) is 45.6. The van der Waals surface area contributed by atoms with Crippen LogP contribution in [-0.2, 0) is 105 Å². The Hall–Kier alpha value is -7.61. The molecular formula is C86H88O2P4W. The van der Waals surface area contributed by atoms with E-state index < -0.39 is 0 Å². The summed E-state index contributed by atoms with van der Waals surface area (Å²) < 4.78 is 0. The van der Waals surface area contributed by atoms with E-state index in [1.807, 2.05) is 13.6 Å². The average Bonchev–Trinajstić information content (AvgIpc) is 2.61. The van der Waals surface area contributed by atoms with E-state index in [1.54, 1.807) is 0 Å². The van der Waals surface area contributed by atoms with Gasteiger partial charge in [-0.3, -0.25) is 0 Å². The smallest absolute Gasteiger partial charge is 0.106 e. The van der Waals surface area contributed by atoms with Crippen molar-refractivity contribution in [2.75, 3.05) is 0 Å². The summed E-state index contributed by atoms with van der Waals surface area (Å²) in [4.78, 5) is 16.0. The molecule has 12 rings (SSSR count). The van der Waals surface area contributed by atoms with Crippen LogP contribution in [0.2, 0.25) is 0 Å². The zero-order valence-corrected chi connectivity index (χ0v) is 60.1. The summed E-state index contributed by atoms with van der Waals surface area (Å²) in [5, 5.41) is 0. The largest absolute Gasteiger partial charge is 0.307 e. The molecule has 0 heterocycles. The van der Waals surface area contributed by atoms with Gasteiger partial charge in [0.15, 0.2) is 0 Å². The standard InChI is InChI=1S/4C21H21P.2CH2O.W/c4*1-4-10-19(11-5-1)16-22(17-20-12-6-2-7-13-20)18-21-14-8-3-9-15-21;2*1-2;/h4*1-15H,16-18H2;2*1H2;. The van der Waals surface area contributed by atoms with Crippen molar-refractivity contribution in [3.05, 3.63) is 431 Å². The Bertz CT molecular complexity index is 2810. The van der Waals surface area contributed by atoms with Crippen molar-refractivity contribution in [2.24, 2.45) is 0 Å². The van der Waals surface area contributed by atoms with E-state index >= 15 is 0 Å². The Kier molecular flexibility index (Phi) is 37.2. The molecule has 0 aromatic heterocycles. The fourth-order valence-electron chi connectivity index (χ4n) is 10.8. The molecule has 0 atom stereocenters. The van der Waals surface area contributed by atoms with Gasteiger partial charge in [0, 0.05) is 21.1 Å². The van der Waals surface area contributed by atoms with Crippen molar-refractivity contribution in [1.82, 2.24) is 0 Å². The van der Waals surface area contributed by atoms with Gasteiger partial charge < -0.3 is 9.59 Å².